The molecule has 5 rings (SSSR count). The van der Waals surface area contributed by atoms with Gasteiger partial charge in [-0.2, -0.15) is 0 Å². The van der Waals surface area contributed by atoms with Crippen LogP contribution in [0.4, 0.5) is 5.95 Å². The predicted octanol–water partition coefficient (Wildman–Crippen LogP) is 4.16. The minimum absolute atomic E-state index is 0.746. The van der Waals surface area contributed by atoms with Gasteiger partial charge in [-0.05, 0) is 50.2 Å². The molecule has 2 aromatic carbocycles. The molecule has 148 valence electrons. The molecular weight excluding hydrogens is 360 g/mol. The number of aryl methyl sites for hydroxylation is 1. The average molecular weight is 387 g/mol. The summed E-state index contributed by atoms with van der Waals surface area (Å²) < 4.78 is 4.31. The first-order valence-corrected chi connectivity index (χ1v) is 10.4. The van der Waals surface area contributed by atoms with Gasteiger partial charge in [-0.15, -0.1) is 0 Å². The molecule has 6 nitrogen and oxygen atoms in total. The van der Waals surface area contributed by atoms with Gasteiger partial charge in [0, 0.05) is 20.1 Å². The molecule has 0 unspecified atom stereocenters. The van der Waals surface area contributed by atoms with Gasteiger partial charge in [0.05, 0.1) is 28.3 Å². The Morgan fingerprint density at radius 1 is 0.862 bits per heavy atom. The number of benzene rings is 2. The number of rotatable bonds is 5. The van der Waals surface area contributed by atoms with Crippen molar-refractivity contribution >= 4 is 34.2 Å². The van der Waals surface area contributed by atoms with Crippen molar-refractivity contribution in [2.24, 2.45) is 12.0 Å². The molecule has 0 saturated carbocycles. The number of likely N-dealkylation sites (tertiary alicyclic amines) is 1. The molecule has 6 heteroatoms. The number of hydrogen-bond donors (Lipinski definition) is 0. The number of imidazole rings is 2. The molecule has 4 aromatic rings. The van der Waals surface area contributed by atoms with E-state index >= 15 is 0 Å². The molecule has 0 atom stereocenters. The number of aliphatic imine (C=N–C) groups is 1. The maximum Gasteiger partial charge on any atom is 0.230 e. The van der Waals surface area contributed by atoms with E-state index in [1.807, 2.05) is 37.5 Å². The summed E-state index contributed by atoms with van der Waals surface area (Å²) in [4.78, 5) is 16.8. The third-order valence-electron chi connectivity index (χ3n) is 5.84. The van der Waals surface area contributed by atoms with Crippen LogP contribution in [0.1, 0.15) is 25.1 Å². The van der Waals surface area contributed by atoms with Gasteiger partial charge in [-0.25, -0.2) is 15.0 Å². The van der Waals surface area contributed by atoms with Gasteiger partial charge in [0.25, 0.3) is 0 Å². The van der Waals surface area contributed by atoms with Gasteiger partial charge < -0.3 is 14.0 Å². The lowest BCUT2D eigenvalue weighted by atomic mass is 10.1. The predicted molar refractivity (Wildman–Crippen MR) is 118 cm³/mol. The van der Waals surface area contributed by atoms with Crippen LogP contribution in [0.5, 0.6) is 0 Å². The Balaban J connectivity index is 1.46. The Labute approximate surface area is 170 Å². The number of aromatic nitrogens is 4. The van der Waals surface area contributed by atoms with Crippen molar-refractivity contribution in [1.82, 2.24) is 24.0 Å². The smallest absolute Gasteiger partial charge is 0.230 e. The van der Waals surface area contributed by atoms with Crippen LogP contribution in [-0.2, 0) is 13.6 Å². The second kappa shape index (κ2) is 7.79. The maximum atomic E-state index is 4.78. The van der Waals surface area contributed by atoms with E-state index in [1.54, 1.807) is 0 Å². The minimum atomic E-state index is 0.746. The summed E-state index contributed by atoms with van der Waals surface area (Å²) in [5.41, 5.74) is 4.22. The fraction of sp³-hybridized carbons (Fsp3) is 0.348. The van der Waals surface area contributed by atoms with Crippen LogP contribution in [0.2, 0.25) is 0 Å². The molecule has 0 radical (unpaired) electrons. The van der Waals surface area contributed by atoms with Crippen LogP contribution in [0, 0.1) is 0 Å². The van der Waals surface area contributed by atoms with Crippen molar-refractivity contribution in [3.8, 4) is 0 Å². The largest absolute Gasteiger partial charge is 0.326 e. The van der Waals surface area contributed by atoms with E-state index < -0.39 is 0 Å². The molecule has 0 aliphatic carbocycles. The third kappa shape index (κ3) is 3.56. The Kier molecular flexibility index (Phi) is 4.86. The van der Waals surface area contributed by atoms with E-state index in [0.717, 1.165) is 46.9 Å². The standard InChI is InChI=1S/C23H26N6/c1-27-20-11-5-3-9-18(20)25-22(27)17-24-23-26-19-10-4-6-12-21(19)29(23)16-15-28-13-7-2-8-14-28/h3-6,9-12,17H,2,7-8,13-16H2,1H3. The molecule has 0 spiro atoms. The van der Waals surface area contributed by atoms with Crippen molar-refractivity contribution in [2.45, 2.75) is 25.8 Å². The van der Waals surface area contributed by atoms with Gasteiger partial charge in [0.2, 0.25) is 5.95 Å². The van der Waals surface area contributed by atoms with Crippen LogP contribution in [0.15, 0.2) is 53.5 Å². The summed E-state index contributed by atoms with van der Waals surface area (Å²) in [6.07, 6.45) is 5.81. The molecule has 1 saturated heterocycles. The molecule has 2 aromatic heterocycles. The van der Waals surface area contributed by atoms with Gasteiger partial charge in [0.15, 0.2) is 5.82 Å². The van der Waals surface area contributed by atoms with Crippen LogP contribution in [0.3, 0.4) is 0 Å². The summed E-state index contributed by atoms with van der Waals surface area (Å²) in [6.45, 7) is 4.33. The summed E-state index contributed by atoms with van der Waals surface area (Å²) in [5, 5.41) is 0. The first-order chi connectivity index (χ1) is 14.3. The van der Waals surface area contributed by atoms with E-state index in [-0.39, 0.29) is 0 Å². The molecule has 3 heterocycles. The highest BCUT2D eigenvalue weighted by Crippen LogP contribution is 2.22. The number of para-hydroxylation sites is 4. The first kappa shape index (κ1) is 18.1. The normalized spacial score (nSPS) is 15.8. The Hall–Kier alpha value is -2.99. The highest BCUT2D eigenvalue weighted by molar-refractivity contribution is 5.86. The number of nitrogens with zero attached hydrogens (tertiary/aromatic N) is 6. The average Bonchev–Trinajstić information content (AvgIpc) is 3.29. The zero-order valence-corrected chi connectivity index (χ0v) is 16.8. The van der Waals surface area contributed by atoms with Crippen LogP contribution < -0.4 is 0 Å². The van der Waals surface area contributed by atoms with E-state index in [0.29, 0.717) is 0 Å². The van der Waals surface area contributed by atoms with Crippen molar-refractivity contribution in [3.63, 3.8) is 0 Å². The lowest BCUT2D eigenvalue weighted by Gasteiger charge is -2.26. The van der Waals surface area contributed by atoms with E-state index in [9.17, 15) is 0 Å². The molecule has 0 N–H and O–H groups in total. The SMILES string of the molecule is Cn1c(C=Nc2nc3ccccc3n2CCN2CCCCC2)nc2ccccc21. The Morgan fingerprint density at radius 2 is 1.55 bits per heavy atom. The molecule has 0 amide bonds. The fourth-order valence-corrected chi connectivity index (χ4v) is 4.20. The van der Waals surface area contributed by atoms with E-state index in [1.165, 1.54) is 32.4 Å². The van der Waals surface area contributed by atoms with Crippen LogP contribution in [-0.4, -0.2) is 49.9 Å². The van der Waals surface area contributed by atoms with E-state index in [2.05, 4.69) is 38.3 Å². The summed E-state index contributed by atoms with van der Waals surface area (Å²) in [7, 11) is 2.02. The zero-order chi connectivity index (χ0) is 19.6. The fourth-order valence-electron chi connectivity index (χ4n) is 4.20. The second-order valence-corrected chi connectivity index (χ2v) is 7.73. The topological polar surface area (TPSA) is 51.2 Å². The lowest BCUT2D eigenvalue weighted by molar-refractivity contribution is 0.222. The Bertz CT molecular complexity index is 1160. The van der Waals surface area contributed by atoms with Crippen molar-refractivity contribution < 1.29 is 0 Å². The summed E-state index contributed by atoms with van der Waals surface area (Å²) in [5.74, 6) is 1.58. The quantitative estimate of drug-likeness (QED) is 0.484. The van der Waals surface area contributed by atoms with Crippen molar-refractivity contribution in [3.05, 3.63) is 54.4 Å². The van der Waals surface area contributed by atoms with Gasteiger partial charge in [0.1, 0.15) is 0 Å². The van der Waals surface area contributed by atoms with Gasteiger partial charge in [-0.1, -0.05) is 30.7 Å². The number of fused-ring (bicyclic) bond motifs is 2. The molecule has 0 bridgehead atoms. The molecular formula is C23H26N6. The number of piperidine rings is 1. The highest BCUT2D eigenvalue weighted by atomic mass is 15.2. The summed E-state index contributed by atoms with van der Waals surface area (Å²) >= 11 is 0. The maximum absolute atomic E-state index is 4.78. The molecule has 1 aliphatic rings. The monoisotopic (exact) mass is 386 g/mol. The van der Waals surface area contributed by atoms with Crippen molar-refractivity contribution in [2.75, 3.05) is 19.6 Å². The Morgan fingerprint density at radius 3 is 2.31 bits per heavy atom. The summed E-state index contributed by atoms with van der Waals surface area (Å²) in [6, 6.07) is 16.4. The highest BCUT2D eigenvalue weighted by Gasteiger charge is 2.14. The first-order valence-electron chi connectivity index (χ1n) is 10.4. The molecule has 1 fully saturated rings. The van der Waals surface area contributed by atoms with Gasteiger partial charge in [-0.3, -0.25) is 0 Å². The van der Waals surface area contributed by atoms with Crippen LogP contribution >= 0.6 is 0 Å². The minimum Gasteiger partial charge on any atom is -0.326 e. The van der Waals surface area contributed by atoms with Crippen LogP contribution in [0.25, 0.3) is 22.1 Å². The third-order valence-corrected chi connectivity index (χ3v) is 5.84. The van der Waals surface area contributed by atoms with Crippen molar-refractivity contribution in [1.29, 1.82) is 0 Å². The molecule has 29 heavy (non-hydrogen) atoms. The lowest BCUT2D eigenvalue weighted by Crippen LogP contribution is -2.32. The number of hydrogen-bond acceptors (Lipinski definition) is 4. The second-order valence-electron chi connectivity index (χ2n) is 7.73. The molecule has 1 aliphatic heterocycles. The van der Waals surface area contributed by atoms with Gasteiger partial charge >= 0.3 is 0 Å². The van der Waals surface area contributed by atoms with E-state index in [4.69, 9.17) is 15.0 Å². The zero-order valence-electron chi connectivity index (χ0n) is 16.8.